The number of nitrogens with one attached hydrogen (secondary N) is 1. The average molecular weight is 732 g/mol. The van der Waals surface area contributed by atoms with Crippen LogP contribution in [0.5, 0.6) is 5.75 Å². The molecule has 0 saturated carbocycles. The Hall–Kier alpha value is -2.51. The van der Waals surface area contributed by atoms with Crippen LogP contribution in [-0.4, -0.2) is 47.3 Å². The molecule has 42 heavy (non-hydrogen) atoms. The van der Waals surface area contributed by atoms with Crippen molar-refractivity contribution in [1.29, 1.82) is 0 Å². The van der Waals surface area contributed by atoms with E-state index in [4.69, 9.17) is 14.5 Å². The van der Waals surface area contributed by atoms with Gasteiger partial charge in [-0.15, -0.1) is 0 Å². The maximum atomic E-state index is 13.7. The second-order valence-electron chi connectivity index (χ2n) is 9.64. The lowest BCUT2D eigenvalue weighted by molar-refractivity contribution is -0.137. The summed E-state index contributed by atoms with van der Waals surface area (Å²) in [7, 11) is 0. The Morgan fingerprint density at radius 2 is 1.90 bits per heavy atom. The fraction of sp³-hybridized carbons (Fsp3) is 0.414. The number of carbonyl (C=O) groups excluding carboxylic acids is 1. The van der Waals surface area contributed by atoms with E-state index in [2.05, 4.69) is 42.2 Å². The van der Waals surface area contributed by atoms with E-state index in [1.165, 1.54) is 11.0 Å². The molecule has 13 heteroatoms. The van der Waals surface area contributed by atoms with Gasteiger partial charge in [-0.3, -0.25) is 4.90 Å². The molecule has 1 aliphatic heterocycles. The minimum absolute atomic E-state index is 0.153. The number of anilines is 2. The van der Waals surface area contributed by atoms with Gasteiger partial charge in [0, 0.05) is 27.2 Å². The standard InChI is InChI=1S/C29H31Br2F3N4O3S/c1-4-21-15-23(22-13-18(29(32,33)34)6-7-25(22)38(21)28(39)40-5-2)36-27-35-16-26(41-8-9-42-3)24(37-27)12-17-10-19(30)14-20(31)11-17/h6-7,10-11,13-14,16,21,23H,4-5,8-9,12,15H2,1-3H3,(H,35,36,37)/t21-,23+/m1/s1. The number of nitrogens with zero attached hydrogens (tertiary/aromatic N) is 3. The van der Waals surface area contributed by atoms with E-state index in [-0.39, 0.29) is 18.6 Å². The third-order valence-corrected chi connectivity index (χ3v) is 8.26. The maximum absolute atomic E-state index is 13.7. The minimum atomic E-state index is -4.55. The van der Waals surface area contributed by atoms with Crippen LogP contribution in [0.15, 0.2) is 51.5 Å². The number of ether oxygens (including phenoxy) is 2. The number of fused-ring (bicyclic) bond motifs is 1. The SMILES string of the molecule is CCOC(=O)N1c2ccc(C(F)(F)F)cc2[C@@H](Nc2ncc(OCCSC)c(Cc3cc(Br)cc(Br)c3)n2)C[C@H]1CC. The summed E-state index contributed by atoms with van der Waals surface area (Å²) >= 11 is 8.70. The second kappa shape index (κ2) is 14.3. The Labute approximate surface area is 264 Å². The Morgan fingerprint density at radius 1 is 1.17 bits per heavy atom. The summed E-state index contributed by atoms with van der Waals surface area (Å²) in [6.45, 7) is 4.25. The molecule has 1 aliphatic rings. The van der Waals surface area contributed by atoms with Crippen LogP contribution >= 0.6 is 43.6 Å². The van der Waals surface area contributed by atoms with Gasteiger partial charge >= 0.3 is 12.3 Å². The van der Waals surface area contributed by atoms with Gasteiger partial charge in [0.05, 0.1) is 42.4 Å². The Kier molecular flexibility index (Phi) is 11.0. The van der Waals surface area contributed by atoms with Gasteiger partial charge in [0.1, 0.15) is 0 Å². The molecular weight excluding hydrogens is 701 g/mol. The molecule has 1 aromatic heterocycles. The van der Waals surface area contributed by atoms with Crippen LogP contribution in [0, 0.1) is 0 Å². The smallest absolute Gasteiger partial charge is 0.416 e. The first-order valence-corrected chi connectivity index (χ1v) is 16.4. The molecule has 0 unspecified atom stereocenters. The zero-order valence-corrected chi connectivity index (χ0v) is 27.3. The van der Waals surface area contributed by atoms with Gasteiger partial charge < -0.3 is 14.8 Å². The zero-order valence-electron chi connectivity index (χ0n) is 23.3. The number of carbonyl (C=O) groups is 1. The number of aromatic nitrogens is 2. The molecule has 3 aromatic rings. The normalized spacial score (nSPS) is 16.6. The van der Waals surface area contributed by atoms with Gasteiger partial charge in [-0.1, -0.05) is 38.8 Å². The number of rotatable bonds is 10. The van der Waals surface area contributed by atoms with Gasteiger partial charge in [-0.25, -0.2) is 14.8 Å². The summed E-state index contributed by atoms with van der Waals surface area (Å²) in [6.07, 6.45) is -0.196. The average Bonchev–Trinajstić information content (AvgIpc) is 2.92. The van der Waals surface area contributed by atoms with Gasteiger partial charge in [0.15, 0.2) is 5.75 Å². The predicted octanol–water partition coefficient (Wildman–Crippen LogP) is 8.65. The number of hydrogen-bond donors (Lipinski definition) is 1. The number of halogens is 5. The second-order valence-corrected chi connectivity index (χ2v) is 12.5. The van der Waals surface area contributed by atoms with Gasteiger partial charge in [0.25, 0.3) is 0 Å². The number of alkyl halides is 3. The van der Waals surface area contributed by atoms with Crippen LogP contribution in [0.3, 0.4) is 0 Å². The molecule has 0 spiro atoms. The summed E-state index contributed by atoms with van der Waals surface area (Å²) in [5.41, 5.74) is 1.51. The quantitative estimate of drug-likeness (QED) is 0.209. The van der Waals surface area contributed by atoms with E-state index < -0.39 is 23.9 Å². The number of amides is 1. The van der Waals surface area contributed by atoms with Crippen molar-refractivity contribution in [3.05, 3.63) is 73.9 Å². The van der Waals surface area contributed by atoms with Gasteiger partial charge in [-0.05, 0) is 73.5 Å². The predicted molar refractivity (Wildman–Crippen MR) is 167 cm³/mol. The summed E-state index contributed by atoms with van der Waals surface area (Å²) in [4.78, 5) is 23.6. The lowest BCUT2D eigenvalue weighted by atomic mass is 9.89. The highest BCUT2D eigenvalue weighted by atomic mass is 79.9. The Morgan fingerprint density at radius 3 is 2.55 bits per heavy atom. The van der Waals surface area contributed by atoms with Crippen LogP contribution in [0.4, 0.5) is 29.6 Å². The molecule has 2 heterocycles. The van der Waals surface area contributed by atoms with E-state index in [0.717, 1.165) is 32.4 Å². The van der Waals surface area contributed by atoms with Crippen LogP contribution in [0.2, 0.25) is 0 Å². The molecule has 2 aromatic carbocycles. The van der Waals surface area contributed by atoms with Gasteiger partial charge in [-0.2, -0.15) is 24.9 Å². The first kappa shape index (κ1) is 32.4. The van der Waals surface area contributed by atoms with Crippen molar-refractivity contribution in [2.45, 2.75) is 51.4 Å². The topological polar surface area (TPSA) is 76.6 Å². The number of benzene rings is 2. The molecule has 0 bridgehead atoms. The monoisotopic (exact) mass is 730 g/mol. The molecule has 226 valence electrons. The molecule has 2 atom stereocenters. The fourth-order valence-corrected chi connectivity index (χ4v) is 6.52. The fourth-order valence-electron chi connectivity index (χ4n) is 4.88. The van der Waals surface area contributed by atoms with Crippen molar-refractivity contribution >= 4 is 61.4 Å². The lowest BCUT2D eigenvalue weighted by Crippen LogP contribution is -2.46. The third-order valence-electron chi connectivity index (χ3n) is 6.77. The Bertz CT molecular complexity index is 1390. The van der Waals surface area contributed by atoms with Crippen LogP contribution in [0.1, 0.15) is 55.1 Å². The van der Waals surface area contributed by atoms with Crippen molar-refractivity contribution < 1.29 is 27.4 Å². The van der Waals surface area contributed by atoms with Crippen molar-refractivity contribution in [2.75, 3.05) is 35.4 Å². The molecule has 0 fully saturated rings. The van der Waals surface area contributed by atoms with Crippen molar-refractivity contribution in [1.82, 2.24) is 9.97 Å². The minimum Gasteiger partial charge on any atom is -0.489 e. The Balaban J connectivity index is 1.73. The van der Waals surface area contributed by atoms with E-state index in [9.17, 15) is 18.0 Å². The van der Waals surface area contributed by atoms with Crippen molar-refractivity contribution in [2.24, 2.45) is 0 Å². The number of thioether (sulfide) groups is 1. The van der Waals surface area contributed by atoms with Crippen molar-refractivity contribution in [3.8, 4) is 5.75 Å². The molecule has 7 nitrogen and oxygen atoms in total. The largest absolute Gasteiger partial charge is 0.489 e. The molecule has 0 saturated heterocycles. The lowest BCUT2D eigenvalue weighted by Gasteiger charge is -2.40. The van der Waals surface area contributed by atoms with Crippen LogP contribution < -0.4 is 15.0 Å². The van der Waals surface area contributed by atoms with E-state index >= 15 is 0 Å². The molecular formula is C29H31Br2F3N4O3S. The third kappa shape index (κ3) is 7.90. The highest BCUT2D eigenvalue weighted by Crippen LogP contribution is 2.43. The highest BCUT2D eigenvalue weighted by Gasteiger charge is 2.39. The summed E-state index contributed by atoms with van der Waals surface area (Å²) < 4.78 is 54.3. The van der Waals surface area contributed by atoms with E-state index in [1.807, 2.05) is 31.4 Å². The first-order valence-electron chi connectivity index (χ1n) is 13.4. The molecule has 1 amide bonds. The molecule has 1 N–H and O–H groups in total. The van der Waals surface area contributed by atoms with E-state index in [1.54, 1.807) is 24.9 Å². The molecule has 4 rings (SSSR count). The number of hydrogen-bond acceptors (Lipinski definition) is 7. The van der Waals surface area contributed by atoms with Gasteiger partial charge in [0.2, 0.25) is 5.95 Å². The highest BCUT2D eigenvalue weighted by molar-refractivity contribution is 9.11. The van der Waals surface area contributed by atoms with Crippen molar-refractivity contribution in [3.63, 3.8) is 0 Å². The summed E-state index contributed by atoms with van der Waals surface area (Å²) in [5, 5.41) is 3.27. The molecule has 0 radical (unpaired) electrons. The van der Waals surface area contributed by atoms with Crippen LogP contribution in [-0.2, 0) is 17.3 Å². The zero-order chi connectivity index (χ0) is 30.4. The van der Waals surface area contributed by atoms with Crippen LogP contribution in [0.25, 0.3) is 0 Å². The maximum Gasteiger partial charge on any atom is 0.416 e. The first-order chi connectivity index (χ1) is 20.0. The molecule has 0 aliphatic carbocycles. The summed E-state index contributed by atoms with van der Waals surface area (Å²) in [6, 6.07) is 8.43. The summed E-state index contributed by atoms with van der Waals surface area (Å²) in [5.74, 6) is 1.58. The van der Waals surface area contributed by atoms with E-state index in [0.29, 0.717) is 48.6 Å².